The van der Waals surface area contributed by atoms with E-state index in [0.29, 0.717) is 31.0 Å². The van der Waals surface area contributed by atoms with Gasteiger partial charge >= 0.3 is 0 Å². The second-order valence-electron chi connectivity index (χ2n) is 7.59. The topological polar surface area (TPSA) is 87.7 Å². The average molecular weight is 418 g/mol. The molecule has 0 atom stereocenters. The van der Waals surface area contributed by atoms with Gasteiger partial charge in [-0.3, -0.25) is 14.4 Å². The van der Waals surface area contributed by atoms with E-state index in [4.69, 9.17) is 4.74 Å². The van der Waals surface area contributed by atoms with E-state index in [9.17, 15) is 13.2 Å². The maximum atomic E-state index is 12.6. The van der Waals surface area contributed by atoms with Gasteiger partial charge in [-0.05, 0) is 44.2 Å². The molecule has 1 aliphatic rings. The molecule has 1 fully saturated rings. The van der Waals surface area contributed by atoms with Crippen molar-refractivity contribution in [3.63, 3.8) is 0 Å². The van der Waals surface area contributed by atoms with Crippen LogP contribution in [0.5, 0.6) is 0 Å². The lowest BCUT2D eigenvalue weighted by molar-refractivity contribution is -0.00923. The predicted molar refractivity (Wildman–Crippen MR) is 112 cm³/mol. The van der Waals surface area contributed by atoms with Crippen molar-refractivity contribution in [2.75, 3.05) is 37.6 Å². The minimum absolute atomic E-state index is 0.169. The SMILES string of the molecule is CC(C)(CNC(=O)c1cccc(NS(=O)(=O)c2ccccc2)c1)N1CCOCC1. The minimum atomic E-state index is -3.71. The molecule has 0 saturated carbocycles. The second-order valence-corrected chi connectivity index (χ2v) is 9.28. The number of carbonyl (C=O) groups is 1. The molecule has 0 unspecified atom stereocenters. The third kappa shape index (κ3) is 5.56. The standard InChI is InChI=1S/C21H27N3O4S/c1-21(2,24-11-13-28-14-12-24)16-22-20(25)17-7-6-8-18(15-17)23-29(26,27)19-9-4-3-5-10-19/h3-10,15,23H,11-14,16H2,1-2H3,(H,22,25). The van der Waals surface area contributed by atoms with Crippen LogP contribution in [0.1, 0.15) is 24.2 Å². The lowest BCUT2D eigenvalue weighted by Crippen LogP contribution is -2.55. The van der Waals surface area contributed by atoms with Gasteiger partial charge in [0, 0.05) is 36.4 Å². The highest BCUT2D eigenvalue weighted by Crippen LogP contribution is 2.18. The van der Waals surface area contributed by atoms with Gasteiger partial charge in [0.2, 0.25) is 0 Å². The van der Waals surface area contributed by atoms with Gasteiger partial charge in [-0.2, -0.15) is 0 Å². The fourth-order valence-corrected chi connectivity index (χ4v) is 4.29. The van der Waals surface area contributed by atoms with Crippen molar-refractivity contribution in [1.29, 1.82) is 0 Å². The highest BCUT2D eigenvalue weighted by atomic mass is 32.2. The molecule has 1 amide bonds. The van der Waals surface area contributed by atoms with E-state index < -0.39 is 10.0 Å². The first-order valence-electron chi connectivity index (χ1n) is 9.57. The summed E-state index contributed by atoms with van der Waals surface area (Å²) in [5.74, 6) is -0.243. The number of anilines is 1. The van der Waals surface area contributed by atoms with Crippen molar-refractivity contribution in [2.45, 2.75) is 24.3 Å². The lowest BCUT2D eigenvalue weighted by Gasteiger charge is -2.40. The predicted octanol–water partition coefficient (Wildman–Crippen LogP) is 2.33. The zero-order chi connectivity index (χ0) is 20.9. The lowest BCUT2D eigenvalue weighted by atomic mass is 10.0. The fraction of sp³-hybridized carbons (Fsp3) is 0.381. The van der Waals surface area contributed by atoms with Gasteiger partial charge in [0.25, 0.3) is 15.9 Å². The molecule has 8 heteroatoms. The Hall–Kier alpha value is -2.42. The number of hydrogen-bond donors (Lipinski definition) is 2. The molecular formula is C21H27N3O4S. The Labute approximate surface area is 172 Å². The molecule has 0 aliphatic carbocycles. The molecule has 1 heterocycles. The van der Waals surface area contributed by atoms with E-state index in [2.05, 4.69) is 28.8 Å². The van der Waals surface area contributed by atoms with Crippen LogP contribution in [0, 0.1) is 0 Å². The number of rotatable bonds is 7. The van der Waals surface area contributed by atoms with Crippen LogP contribution < -0.4 is 10.0 Å². The Morgan fingerprint density at radius 3 is 2.45 bits per heavy atom. The molecule has 0 bridgehead atoms. The smallest absolute Gasteiger partial charge is 0.261 e. The third-order valence-electron chi connectivity index (χ3n) is 4.98. The molecule has 1 saturated heterocycles. The Balaban J connectivity index is 1.65. The van der Waals surface area contributed by atoms with Crippen molar-refractivity contribution < 1.29 is 17.9 Å². The number of nitrogens with one attached hydrogen (secondary N) is 2. The Morgan fingerprint density at radius 1 is 1.07 bits per heavy atom. The summed E-state index contributed by atoms with van der Waals surface area (Å²) >= 11 is 0. The molecule has 2 aromatic carbocycles. The van der Waals surface area contributed by atoms with E-state index in [1.165, 1.54) is 18.2 Å². The fourth-order valence-electron chi connectivity index (χ4n) is 3.22. The first-order chi connectivity index (χ1) is 13.8. The van der Waals surface area contributed by atoms with Crippen LogP contribution in [-0.4, -0.2) is 57.6 Å². The molecule has 0 radical (unpaired) electrons. The number of amides is 1. The van der Waals surface area contributed by atoms with Crippen LogP contribution in [0.25, 0.3) is 0 Å². The number of sulfonamides is 1. The number of ether oxygens (including phenoxy) is 1. The molecule has 7 nitrogen and oxygen atoms in total. The number of carbonyl (C=O) groups excluding carboxylic acids is 1. The number of nitrogens with zero attached hydrogens (tertiary/aromatic N) is 1. The molecule has 3 rings (SSSR count). The van der Waals surface area contributed by atoms with Crippen molar-refractivity contribution in [1.82, 2.24) is 10.2 Å². The molecule has 1 aliphatic heterocycles. The molecule has 0 spiro atoms. The Bertz CT molecular complexity index is 939. The Kier molecular flexibility index (Phi) is 6.56. The maximum absolute atomic E-state index is 12.6. The summed E-state index contributed by atoms with van der Waals surface area (Å²) in [7, 11) is -3.71. The van der Waals surface area contributed by atoms with Gasteiger partial charge in [-0.15, -0.1) is 0 Å². The Morgan fingerprint density at radius 2 is 1.76 bits per heavy atom. The van der Waals surface area contributed by atoms with Gasteiger partial charge < -0.3 is 10.1 Å². The van der Waals surface area contributed by atoms with Gasteiger partial charge in [0.05, 0.1) is 18.1 Å². The highest BCUT2D eigenvalue weighted by molar-refractivity contribution is 7.92. The summed E-state index contributed by atoms with van der Waals surface area (Å²) in [6.45, 7) is 7.71. The van der Waals surface area contributed by atoms with Crippen molar-refractivity contribution in [3.8, 4) is 0 Å². The minimum Gasteiger partial charge on any atom is -0.379 e. The zero-order valence-electron chi connectivity index (χ0n) is 16.7. The molecular weight excluding hydrogens is 390 g/mol. The van der Waals surface area contributed by atoms with E-state index >= 15 is 0 Å². The summed E-state index contributed by atoms with van der Waals surface area (Å²) < 4.78 is 32.9. The second kappa shape index (κ2) is 8.94. The van der Waals surface area contributed by atoms with Crippen LogP contribution in [0.3, 0.4) is 0 Å². The maximum Gasteiger partial charge on any atom is 0.261 e. The van der Waals surface area contributed by atoms with Crippen LogP contribution >= 0.6 is 0 Å². The van der Waals surface area contributed by atoms with Crippen LogP contribution in [0.15, 0.2) is 59.5 Å². The number of morpholine rings is 1. The molecule has 29 heavy (non-hydrogen) atoms. The van der Waals surface area contributed by atoms with E-state index in [-0.39, 0.29) is 16.3 Å². The molecule has 156 valence electrons. The molecule has 2 aromatic rings. The summed E-state index contributed by atoms with van der Waals surface area (Å²) in [6.07, 6.45) is 0. The van der Waals surface area contributed by atoms with Crippen molar-refractivity contribution in [2.24, 2.45) is 0 Å². The van der Waals surface area contributed by atoms with E-state index in [1.807, 2.05) is 0 Å². The van der Waals surface area contributed by atoms with Crippen LogP contribution in [0.4, 0.5) is 5.69 Å². The number of benzene rings is 2. The monoisotopic (exact) mass is 417 g/mol. The summed E-state index contributed by atoms with van der Waals surface area (Å²) in [6, 6.07) is 14.6. The number of hydrogen-bond acceptors (Lipinski definition) is 5. The van der Waals surface area contributed by atoms with Gasteiger partial charge in [0.1, 0.15) is 0 Å². The van der Waals surface area contributed by atoms with Crippen LogP contribution in [0.2, 0.25) is 0 Å². The summed E-state index contributed by atoms with van der Waals surface area (Å²) in [4.78, 5) is 15.1. The van der Waals surface area contributed by atoms with Gasteiger partial charge in [0.15, 0.2) is 0 Å². The van der Waals surface area contributed by atoms with Crippen molar-refractivity contribution in [3.05, 3.63) is 60.2 Å². The van der Waals surface area contributed by atoms with E-state index in [0.717, 1.165) is 13.1 Å². The highest BCUT2D eigenvalue weighted by Gasteiger charge is 2.28. The zero-order valence-corrected chi connectivity index (χ0v) is 17.5. The normalized spacial score (nSPS) is 15.7. The van der Waals surface area contributed by atoms with Gasteiger partial charge in [-0.25, -0.2) is 8.42 Å². The van der Waals surface area contributed by atoms with E-state index in [1.54, 1.807) is 36.4 Å². The third-order valence-corrected chi connectivity index (χ3v) is 6.38. The first-order valence-corrected chi connectivity index (χ1v) is 11.1. The van der Waals surface area contributed by atoms with Gasteiger partial charge in [-0.1, -0.05) is 24.3 Å². The summed E-state index contributed by atoms with van der Waals surface area (Å²) in [5, 5.41) is 2.96. The largest absolute Gasteiger partial charge is 0.379 e. The molecule has 0 aromatic heterocycles. The molecule has 2 N–H and O–H groups in total. The quantitative estimate of drug-likeness (QED) is 0.722. The van der Waals surface area contributed by atoms with Crippen molar-refractivity contribution >= 4 is 21.6 Å². The first kappa shape index (κ1) is 21.3. The summed E-state index contributed by atoms with van der Waals surface area (Å²) in [5.41, 5.74) is 0.538. The average Bonchev–Trinajstić information content (AvgIpc) is 2.73. The van der Waals surface area contributed by atoms with Crippen LogP contribution in [-0.2, 0) is 14.8 Å².